The Kier molecular flexibility index (Phi) is 4.58. The lowest BCUT2D eigenvalue weighted by atomic mass is 10.1. The van der Waals surface area contributed by atoms with Crippen molar-refractivity contribution < 1.29 is 9.53 Å². The van der Waals surface area contributed by atoms with E-state index in [1.165, 1.54) is 0 Å². The summed E-state index contributed by atoms with van der Waals surface area (Å²) in [5.41, 5.74) is 3.70. The molecule has 0 saturated heterocycles. The Hall–Kier alpha value is -1.36. The fourth-order valence-electron chi connectivity index (χ4n) is 1.83. The molecule has 0 aromatic heterocycles. The van der Waals surface area contributed by atoms with Gasteiger partial charge in [-0.2, -0.15) is 0 Å². The van der Waals surface area contributed by atoms with Crippen molar-refractivity contribution in [1.82, 2.24) is 0 Å². The number of carbonyl (C=O) groups excluding carboxylic acids is 1. The topological polar surface area (TPSA) is 26.3 Å². The highest BCUT2D eigenvalue weighted by atomic mass is 127. The quantitative estimate of drug-likeness (QED) is 0.599. The lowest BCUT2D eigenvalue weighted by Gasteiger charge is -2.09. The molecule has 0 N–H and O–H groups in total. The van der Waals surface area contributed by atoms with E-state index < -0.39 is 0 Å². The van der Waals surface area contributed by atoms with Crippen molar-refractivity contribution in [3.05, 3.63) is 68.3 Å². The second-order valence-electron chi connectivity index (χ2n) is 4.48. The van der Waals surface area contributed by atoms with E-state index in [0.29, 0.717) is 12.2 Å². The Morgan fingerprint density at radius 1 is 1.16 bits per heavy atom. The molecule has 0 amide bonds. The van der Waals surface area contributed by atoms with Crippen LogP contribution in [0.15, 0.2) is 42.5 Å². The Morgan fingerprint density at radius 2 is 1.84 bits per heavy atom. The molecule has 2 nitrogen and oxygen atoms in total. The summed E-state index contributed by atoms with van der Waals surface area (Å²) in [6, 6.07) is 13.6. The van der Waals surface area contributed by atoms with E-state index in [4.69, 9.17) is 4.74 Å². The van der Waals surface area contributed by atoms with Crippen LogP contribution in [-0.4, -0.2) is 5.97 Å². The van der Waals surface area contributed by atoms with Crippen LogP contribution in [0.2, 0.25) is 0 Å². The Bertz CT molecular complexity index is 591. The Balaban J connectivity index is 2.13. The van der Waals surface area contributed by atoms with Gasteiger partial charge in [-0.1, -0.05) is 30.3 Å². The van der Waals surface area contributed by atoms with Gasteiger partial charge in [0, 0.05) is 3.57 Å². The molecule has 0 fully saturated rings. The van der Waals surface area contributed by atoms with E-state index in [0.717, 1.165) is 20.3 Å². The Labute approximate surface area is 126 Å². The summed E-state index contributed by atoms with van der Waals surface area (Å²) in [6.07, 6.45) is 0. The minimum Gasteiger partial charge on any atom is -0.457 e. The molecule has 0 aliphatic heterocycles. The summed E-state index contributed by atoms with van der Waals surface area (Å²) in [5.74, 6) is -0.261. The maximum absolute atomic E-state index is 12.1. The van der Waals surface area contributed by atoms with E-state index in [1.54, 1.807) is 0 Å². The first-order valence-corrected chi connectivity index (χ1v) is 7.13. The third-order valence-electron chi connectivity index (χ3n) is 2.92. The Morgan fingerprint density at radius 3 is 2.53 bits per heavy atom. The number of esters is 1. The van der Waals surface area contributed by atoms with Crippen LogP contribution in [-0.2, 0) is 11.3 Å². The summed E-state index contributed by atoms with van der Waals surface area (Å²) in [4.78, 5) is 12.1. The van der Waals surface area contributed by atoms with Gasteiger partial charge in [0.05, 0.1) is 5.56 Å². The molecule has 0 aliphatic carbocycles. The number of hydrogen-bond donors (Lipinski definition) is 0. The molecule has 0 saturated carbocycles. The van der Waals surface area contributed by atoms with Crippen molar-refractivity contribution >= 4 is 28.6 Å². The smallest absolute Gasteiger partial charge is 0.338 e. The zero-order valence-electron chi connectivity index (χ0n) is 10.9. The van der Waals surface area contributed by atoms with Gasteiger partial charge in [-0.15, -0.1) is 0 Å². The van der Waals surface area contributed by atoms with E-state index in [1.807, 2.05) is 50.2 Å². The fraction of sp³-hybridized carbons (Fsp3) is 0.188. The molecule has 0 bridgehead atoms. The predicted octanol–water partition coefficient (Wildman–Crippen LogP) is 4.27. The molecule has 2 rings (SSSR count). The van der Waals surface area contributed by atoms with Gasteiger partial charge >= 0.3 is 5.97 Å². The third-order valence-corrected chi connectivity index (χ3v) is 4.04. The van der Waals surface area contributed by atoms with Crippen molar-refractivity contribution in [1.29, 1.82) is 0 Å². The number of carbonyl (C=O) groups is 1. The van der Waals surface area contributed by atoms with Gasteiger partial charge in [0.1, 0.15) is 6.61 Å². The van der Waals surface area contributed by atoms with Gasteiger partial charge in [0.25, 0.3) is 0 Å². The second-order valence-corrected chi connectivity index (χ2v) is 5.64. The van der Waals surface area contributed by atoms with E-state index in [2.05, 4.69) is 28.7 Å². The van der Waals surface area contributed by atoms with Crippen LogP contribution in [0.25, 0.3) is 0 Å². The summed E-state index contributed by atoms with van der Waals surface area (Å²) in [7, 11) is 0. The third kappa shape index (κ3) is 3.56. The van der Waals surface area contributed by atoms with E-state index >= 15 is 0 Å². The fourth-order valence-corrected chi connectivity index (χ4v) is 2.61. The van der Waals surface area contributed by atoms with Gasteiger partial charge in [-0.25, -0.2) is 4.79 Å². The standard InChI is InChI=1S/C16H15IO2/c1-11-8-14(12(2)15(17)9-11)16(18)19-10-13-6-4-3-5-7-13/h3-9H,10H2,1-2H3. The number of rotatable bonds is 3. The highest BCUT2D eigenvalue weighted by Gasteiger charge is 2.13. The number of benzene rings is 2. The predicted molar refractivity (Wildman–Crippen MR) is 84.2 cm³/mol. The van der Waals surface area contributed by atoms with Crippen LogP contribution < -0.4 is 0 Å². The maximum Gasteiger partial charge on any atom is 0.338 e. The number of aryl methyl sites for hydroxylation is 1. The molecular formula is C16H15IO2. The highest BCUT2D eigenvalue weighted by molar-refractivity contribution is 14.1. The molecule has 0 unspecified atom stereocenters. The molecule has 0 aliphatic rings. The number of halogens is 1. The first-order chi connectivity index (χ1) is 9.08. The average Bonchev–Trinajstić information content (AvgIpc) is 2.41. The zero-order chi connectivity index (χ0) is 13.8. The molecule has 19 heavy (non-hydrogen) atoms. The van der Waals surface area contributed by atoms with Crippen molar-refractivity contribution in [2.45, 2.75) is 20.5 Å². The van der Waals surface area contributed by atoms with Gasteiger partial charge in [-0.3, -0.25) is 0 Å². The lowest BCUT2D eigenvalue weighted by Crippen LogP contribution is -2.08. The van der Waals surface area contributed by atoms with Crippen LogP contribution in [0, 0.1) is 17.4 Å². The molecule has 98 valence electrons. The van der Waals surface area contributed by atoms with E-state index in [-0.39, 0.29) is 5.97 Å². The van der Waals surface area contributed by atoms with Gasteiger partial charge < -0.3 is 4.74 Å². The second kappa shape index (κ2) is 6.19. The number of hydrogen-bond acceptors (Lipinski definition) is 2. The lowest BCUT2D eigenvalue weighted by molar-refractivity contribution is 0.0471. The van der Waals surface area contributed by atoms with Crippen LogP contribution in [0.1, 0.15) is 27.0 Å². The molecular weight excluding hydrogens is 351 g/mol. The van der Waals surface area contributed by atoms with Crippen molar-refractivity contribution in [3.63, 3.8) is 0 Å². The molecule has 0 spiro atoms. The molecule has 2 aromatic rings. The molecule has 3 heteroatoms. The molecule has 0 heterocycles. The van der Waals surface area contributed by atoms with Gasteiger partial charge in [0.15, 0.2) is 0 Å². The van der Waals surface area contributed by atoms with Crippen molar-refractivity contribution in [2.75, 3.05) is 0 Å². The molecule has 0 atom stereocenters. The van der Waals surface area contributed by atoms with Crippen LogP contribution in [0.5, 0.6) is 0 Å². The minimum absolute atomic E-state index is 0.261. The normalized spacial score (nSPS) is 10.3. The first-order valence-electron chi connectivity index (χ1n) is 6.05. The monoisotopic (exact) mass is 366 g/mol. The SMILES string of the molecule is Cc1cc(I)c(C)c(C(=O)OCc2ccccc2)c1. The highest BCUT2D eigenvalue weighted by Crippen LogP contribution is 2.19. The molecule has 2 aromatic carbocycles. The van der Waals surface area contributed by atoms with E-state index in [9.17, 15) is 4.79 Å². The van der Waals surface area contributed by atoms with Crippen LogP contribution in [0.4, 0.5) is 0 Å². The zero-order valence-corrected chi connectivity index (χ0v) is 13.1. The summed E-state index contributed by atoms with van der Waals surface area (Å²) < 4.78 is 6.45. The summed E-state index contributed by atoms with van der Waals surface area (Å²) in [5, 5.41) is 0. The maximum atomic E-state index is 12.1. The van der Waals surface area contributed by atoms with Crippen molar-refractivity contribution in [2.24, 2.45) is 0 Å². The largest absolute Gasteiger partial charge is 0.457 e. The van der Waals surface area contributed by atoms with Crippen LogP contribution in [0.3, 0.4) is 0 Å². The first kappa shape index (κ1) is 14.1. The van der Waals surface area contributed by atoms with Crippen molar-refractivity contribution in [3.8, 4) is 0 Å². The average molecular weight is 366 g/mol. The van der Waals surface area contributed by atoms with Gasteiger partial charge in [0.2, 0.25) is 0 Å². The van der Waals surface area contributed by atoms with Crippen LogP contribution >= 0.6 is 22.6 Å². The summed E-state index contributed by atoms with van der Waals surface area (Å²) >= 11 is 2.24. The molecule has 0 radical (unpaired) electrons. The minimum atomic E-state index is -0.261. The summed E-state index contributed by atoms with van der Waals surface area (Å²) in [6.45, 7) is 4.24. The number of ether oxygens (including phenoxy) is 1. The van der Waals surface area contributed by atoms with Gasteiger partial charge in [-0.05, 0) is 65.3 Å².